The predicted molar refractivity (Wildman–Crippen MR) is 60.9 cm³/mol. The number of rotatable bonds is 2. The van der Waals surface area contributed by atoms with Crippen molar-refractivity contribution in [3.63, 3.8) is 0 Å². The van der Waals surface area contributed by atoms with Crippen molar-refractivity contribution in [2.75, 3.05) is 0 Å². The molecule has 0 saturated heterocycles. The molecule has 1 aromatic carbocycles. The van der Waals surface area contributed by atoms with Gasteiger partial charge in [-0.3, -0.25) is 0 Å². The van der Waals surface area contributed by atoms with E-state index < -0.39 is 0 Å². The van der Waals surface area contributed by atoms with Gasteiger partial charge in [0.25, 0.3) is 0 Å². The Hall–Kier alpha value is 0.430. The fourth-order valence-electron chi connectivity index (χ4n) is 0.984. The largest absolute Gasteiger partial charge is 0.0651 e. The van der Waals surface area contributed by atoms with Crippen molar-refractivity contribution in [3.05, 3.63) is 31.8 Å². The molecule has 1 rings (SSSR count). The Balaban J connectivity index is 2.86. The van der Waals surface area contributed by atoms with Crippen LogP contribution in [0.2, 0.25) is 0 Å². The van der Waals surface area contributed by atoms with E-state index in [1.807, 2.05) is 0 Å². The Morgan fingerprint density at radius 3 is 2.73 bits per heavy atom. The van der Waals surface area contributed by atoms with Gasteiger partial charge < -0.3 is 0 Å². The zero-order valence-corrected chi connectivity index (χ0v) is 10.1. The van der Waals surface area contributed by atoms with E-state index in [-0.39, 0.29) is 0 Å². The summed E-state index contributed by atoms with van der Waals surface area (Å²) >= 11 is 5.83. The molecule has 0 bridgehead atoms. The highest BCUT2D eigenvalue weighted by atomic mass is 127. The highest BCUT2D eigenvalue weighted by Crippen LogP contribution is 2.20. The minimum atomic E-state index is 1.18. The molecule has 0 N–H and O–H groups in total. The van der Waals surface area contributed by atoms with Gasteiger partial charge in [0.15, 0.2) is 0 Å². The van der Waals surface area contributed by atoms with E-state index in [1.54, 1.807) is 0 Å². The summed E-state index contributed by atoms with van der Waals surface area (Å²) < 4.78 is 2.49. The van der Waals surface area contributed by atoms with E-state index in [9.17, 15) is 0 Å². The lowest BCUT2D eigenvalue weighted by Gasteiger charge is -2.00. The summed E-state index contributed by atoms with van der Waals surface area (Å²) in [6.07, 6.45) is 2.39. The van der Waals surface area contributed by atoms with Crippen LogP contribution in [0, 0.1) is 3.57 Å². The maximum absolute atomic E-state index is 3.51. The standard InChI is InChI=1S/C9H10BrI/c1-2-3-7-4-5-9(11)8(10)6-7/h4-6H,2-3H2,1H3. The third kappa shape index (κ3) is 2.75. The van der Waals surface area contributed by atoms with Gasteiger partial charge in [0, 0.05) is 8.04 Å². The topological polar surface area (TPSA) is 0 Å². The first-order valence-electron chi connectivity index (χ1n) is 3.68. The van der Waals surface area contributed by atoms with Crippen LogP contribution < -0.4 is 0 Å². The van der Waals surface area contributed by atoms with Crippen molar-refractivity contribution in [1.29, 1.82) is 0 Å². The Morgan fingerprint density at radius 2 is 2.18 bits per heavy atom. The zero-order valence-electron chi connectivity index (χ0n) is 6.40. The van der Waals surface area contributed by atoms with E-state index >= 15 is 0 Å². The van der Waals surface area contributed by atoms with Crippen LogP contribution in [0.15, 0.2) is 22.7 Å². The van der Waals surface area contributed by atoms with Gasteiger partial charge >= 0.3 is 0 Å². The second-order valence-electron chi connectivity index (χ2n) is 2.50. The van der Waals surface area contributed by atoms with Gasteiger partial charge in [-0.2, -0.15) is 0 Å². The fraction of sp³-hybridized carbons (Fsp3) is 0.333. The maximum atomic E-state index is 3.51. The van der Waals surface area contributed by atoms with Crippen LogP contribution in [0.3, 0.4) is 0 Å². The number of aryl methyl sites for hydroxylation is 1. The summed E-state index contributed by atoms with van der Waals surface area (Å²) in [7, 11) is 0. The summed E-state index contributed by atoms with van der Waals surface area (Å²) in [6.45, 7) is 2.20. The molecule has 0 heterocycles. The summed E-state index contributed by atoms with van der Waals surface area (Å²) in [5.74, 6) is 0. The van der Waals surface area contributed by atoms with Crippen molar-refractivity contribution in [2.24, 2.45) is 0 Å². The lowest BCUT2D eigenvalue weighted by atomic mass is 10.1. The van der Waals surface area contributed by atoms with Crippen molar-refractivity contribution < 1.29 is 0 Å². The Bertz CT molecular complexity index is 245. The smallest absolute Gasteiger partial charge is 0.0311 e. The molecule has 0 aromatic heterocycles. The van der Waals surface area contributed by atoms with Crippen LogP contribution in [-0.4, -0.2) is 0 Å². The SMILES string of the molecule is CCCc1ccc(I)c(Br)c1. The summed E-state index contributed by atoms with van der Waals surface area (Å²) in [5, 5.41) is 0. The second-order valence-corrected chi connectivity index (χ2v) is 4.51. The molecule has 0 aliphatic heterocycles. The predicted octanol–water partition coefficient (Wildman–Crippen LogP) is 4.01. The molecule has 60 valence electrons. The van der Waals surface area contributed by atoms with E-state index in [2.05, 4.69) is 63.6 Å². The molecular formula is C9H10BrI. The van der Waals surface area contributed by atoms with Gasteiger partial charge in [-0.05, 0) is 62.6 Å². The lowest BCUT2D eigenvalue weighted by molar-refractivity contribution is 0.920. The van der Waals surface area contributed by atoms with Gasteiger partial charge in [-0.1, -0.05) is 19.4 Å². The van der Waals surface area contributed by atoms with Crippen molar-refractivity contribution in [2.45, 2.75) is 19.8 Å². The summed E-state index contributed by atoms with van der Waals surface area (Å²) in [6, 6.07) is 6.54. The van der Waals surface area contributed by atoms with Gasteiger partial charge in [-0.25, -0.2) is 0 Å². The molecule has 0 fully saturated rings. The van der Waals surface area contributed by atoms with Gasteiger partial charge in [0.1, 0.15) is 0 Å². The third-order valence-electron chi connectivity index (χ3n) is 1.52. The molecule has 0 saturated carbocycles. The highest BCUT2D eigenvalue weighted by Gasteiger charge is 1.96. The third-order valence-corrected chi connectivity index (χ3v) is 3.86. The van der Waals surface area contributed by atoms with Crippen LogP contribution in [-0.2, 0) is 6.42 Å². The molecular weight excluding hydrogens is 315 g/mol. The number of hydrogen-bond donors (Lipinski definition) is 0. The summed E-state index contributed by atoms with van der Waals surface area (Å²) in [4.78, 5) is 0. The molecule has 0 radical (unpaired) electrons. The molecule has 0 aliphatic carbocycles. The van der Waals surface area contributed by atoms with Crippen LogP contribution in [0.5, 0.6) is 0 Å². The van der Waals surface area contributed by atoms with Gasteiger partial charge in [0.2, 0.25) is 0 Å². The minimum absolute atomic E-state index is 1.18. The van der Waals surface area contributed by atoms with E-state index in [4.69, 9.17) is 0 Å². The van der Waals surface area contributed by atoms with Crippen LogP contribution in [0.25, 0.3) is 0 Å². The molecule has 1 aromatic rings. The van der Waals surface area contributed by atoms with Crippen LogP contribution in [0.4, 0.5) is 0 Å². The van der Waals surface area contributed by atoms with Crippen LogP contribution in [0.1, 0.15) is 18.9 Å². The minimum Gasteiger partial charge on any atom is -0.0651 e. The van der Waals surface area contributed by atoms with Crippen molar-refractivity contribution in [3.8, 4) is 0 Å². The first-order chi connectivity index (χ1) is 5.24. The second kappa shape index (κ2) is 4.45. The van der Waals surface area contributed by atoms with E-state index in [0.29, 0.717) is 0 Å². The van der Waals surface area contributed by atoms with E-state index in [1.165, 1.54) is 26.4 Å². The molecule has 11 heavy (non-hydrogen) atoms. The Morgan fingerprint density at radius 1 is 1.45 bits per heavy atom. The number of halogens is 2. The van der Waals surface area contributed by atoms with Crippen molar-refractivity contribution in [1.82, 2.24) is 0 Å². The molecule has 0 spiro atoms. The highest BCUT2D eigenvalue weighted by molar-refractivity contribution is 14.1. The maximum Gasteiger partial charge on any atom is 0.0311 e. The number of benzene rings is 1. The molecule has 0 atom stereocenters. The lowest BCUT2D eigenvalue weighted by Crippen LogP contribution is -1.83. The monoisotopic (exact) mass is 324 g/mol. The Labute approximate surface area is 89.7 Å². The average Bonchev–Trinajstić information content (AvgIpc) is 1.98. The van der Waals surface area contributed by atoms with Crippen LogP contribution >= 0.6 is 38.5 Å². The fourth-order valence-corrected chi connectivity index (χ4v) is 1.75. The molecule has 0 unspecified atom stereocenters. The molecule has 2 heteroatoms. The average molecular weight is 325 g/mol. The number of hydrogen-bond acceptors (Lipinski definition) is 0. The first kappa shape index (κ1) is 9.52. The normalized spacial score (nSPS) is 10.1. The van der Waals surface area contributed by atoms with Crippen molar-refractivity contribution >= 4 is 38.5 Å². The van der Waals surface area contributed by atoms with Gasteiger partial charge in [0.05, 0.1) is 0 Å². The Kier molecular flexibility index (Phi) is 3.85. The first-order valence-corrected chi connectivity index (χ1v) is 5.55. The zero-order chi connectivity index (χ0) is 8.27. The molecule has 0 aliphatic rings. The van der Waals surface area contributed by atoms with E-state index in [0.717, 1.165) is 0 Å². The quantitative estimate of drug-likeness (QED) is 0.721. The van der Waals surface area contributed by atoms with Gasteiger partial charge in [-0.15, -0.1) is 0 Å². The summed E-state index contributed by atoms with van der Waals surface area (Å²) in [5.41, 5.74) is 1.42. The molecule has 0 amide bonds. The molecule has 0 nitrogen and oxygen atoms in total.